The van der Waals surface area contributed by atoms with Gasteiger partial charge in [0, 0.05) is 7.11 Å². The highest BCUT2D eigenvalue weighted by molar-refractivity contribution is 5.02. The van der Waals surface area contributed by atoms with Crippen LogP contribution in [0.3, 0.4) is 0 Å². The highest BCUT2D eigenvalue weighted by Gasteiger charge is 2.53. The number of aliphatic hydroxyl groups excluding tert-OH is 1. The summed E-state index contributed by atoms with van der Waals surface area (Å²) in [6.45, 7) is 22.3. The van der Waals surface area contributed by atoms with Crippen LogP contribution in [0.15, 0.2) is 0 Å². The van der Waals surface area contributed by atoms with Crippen molar-refractivity contribution in [1.82, 2.24) is 0 Å². The third-order valence-electron chi connectivity index (χ3n) is 6.59. The average molecular weight is 313 g/mol. The standard InChI is InChI=1S/C20H40.CH4O/c1-17(2,3)15-20(9,18(4,5)6)19(7,8)16-13-11-10-12-14-16;1-2/h16H,10-15H2,1-9H3;2H,1H3. The second kappa shape index (κ2) is 7.69. The zero-order valence-corrected chi connectivity index (χ0v) is 17.3. The van der Waals surface area contributed by atoms with Crippen molar-refractivity contribution in [2.24, 2.45) is 27.6 Å². The fourth-order valence-corrected chi connectivity index (χ4v) is 4.79. The molecule has 1 saturated carbocycles. The Morgan fingerprint density at radius 3 is 1.45 bits per heavy atom. The Morgan fingerprint density at radius 2 is 1.14 bits per heavy atom. The fourth-order valence-electron chi connectivity index (χ4n) is 4.79. The number of rotatable bonds is 3. The first kappa shape index (κ1) is 22.0. The molecule has 134 valence electrons. The van der Waals surface area contributed by atoms with Gasteiger partial charge in [-0.2, -0.15) is 0 Å². The average Bonchev–Trinajstić information content (AvgIpc) is 2.38. The smallest absolute Gasteiger partial charge is 0.0319 e. The highest BCUT2D eigenvalue weighted by atomic mass is 16.2. The van der Waals surface area contributed by atoms with Crippen LogP contribution in [0, 0.1) is 27.6 Å². The molecule has 1 nitrogen and oxygen atoms in total. The van der Waals surface area contributed by atoms with Gasteiger partial charge in [-0.1, -0.05) is 81.6 Å². The number of hydrogen-bond acceptors (Lipinski definition) is 1. The Balaban J connectivity index is 0.00000211. The molecule has 0 heterocycles. The summed E-state index contributed by atoms with van der Waals surface area (Å²) >= 11 is 0. The molecular weight excluding hydrogens is 268 g/mol. The van der Waals surface area contributed by atoms with Crippen molar-refractivity contribution in [3.63, 3.8) is 0 Å². The molecule has 1 fully saturated rings. The van der Waals surface area contributed by atoms with E-state index in [1.54, 1.807) is 0 Å². The maximum absolute atomic E-state index is 7.00. The first-order valence-electron chi connectivity index (χ1n) is 9.26. The molecule has 1 atom stereocenters. The first-order chi connectivity index (χ1) is 9.81. The summed E-state index contributed by atoms with van der Waals surface area (Å²) in [7, 11) is 1.00. The minimum atomic E-state index is 0.348. The molecule has 0 spiro atoms. The lowest BCUT2D eigenvalue weighted by Gasteiger charge is -2.59. The van der Waals surface area contributed by atoms with Gasteiger partial charge in [0.05, 0.1) is 0 Å². The van der Waals surface area contributed by atoms with Crippen LogP contribution < -0.4 is 0 Å². The van der Waals surface area contributed by atoms with Gasteiger partial charge in [0.25, 0.3) is 0 Å². The second-order valence-corrected chi connectivity index (χ2v) is 10.4. The molecule has 1 unspecified atom stereocenters. The minimum Gasteiger partial charge on any atom is -0.400 e. The van der Waals surface area contributed by atoms with Gasteiger partial charge < -0.3 is 5.11 Å². The lowest BCUT2D eigenvalue weighted by Crippen LogP contribution is -2.51. The van der Waals surface area contributed by atoms with Crippen molar-refractivity contribution < 1.29 is 5.11 Å². The maximum atomic E-state index is 7.00. The Kier molecular flexibility index (Phi) is 7.67. The topological polar surface area (TPSA) is 20.2 Å². The summed E-state index contributed by atoms with van der Waals surface area (Å²) in [5, 5.41) is 7.00. The molecule has 0 bridgehead atoms. The molecule has 1 heteroatoms. The van der Waals surface area contributed by atoms with Crippen molar-refractivity contribution in [3.05, 3.63) is 0 Å². The monoisotopic (exact) mass is 312 g/mol. The molecule has 1 rings (SSSR count). The van der Waals surface area contributed by atoms with Gasteiger partial charge in [0.1, 0.15) is 0 Å². The van der Waals surface area contributed by atoms with Crippen molar-refractivity contribution in [2.45, 2.75) is 101 Å². The van der Waals surface area contributed by atoms with E-state index in [4.69, 9.17) is 5.11 Å². The third-order valence-corrected chi connectivity index (χ3v) is 6.59. The van der Waals surface area contributed by atoms with Crippen LogP contribution >= 0.6 is 0 Å². The minimum absolute atomic E-state index is 0.348. The van der Waals surface area contributed by atoms with Crippen LogP contribution in [-0.4, -0.2) is 12.2 Å². The quantitative estimate of drug-likeness (QED) is 0.615. The van der Waals surface area contributed by atoms with E-state index in [0.29, 0.717) is 21.7 Å². The van der Waals surface area contributed by atoms with Crippen molar-refractivity contribution in [1.29, 1.82) is 0 Å². The molecule has 1 aliphatic carbocycles. The summed E-state index contributed by atoms with van der Waals surface area (Å²) in [6.07, 6.45) is 8.56. The molecule has 0 amide bonds. The Bertz CT molecular complexity index is 310. The van der Waals surface area contributed by atoms with Crippen LogP contribution in [-0.2, 0) is 0 Å². The van der Waals surface area contributed by atoms with Gasteiger partial charge in [0.15, 0.2) is 0 Å². The molecular formula is C21H44O. The van der Waals surface area contributed by atoms with Gasteiger partial charge in [-0.05, 0) is 46.8 Å². The van der Waals surface area contributed by atoms with Crippen molar-refractivity contribution in [2.75, 3.05) is 7.11 Å². The molecule has 22 heavy (non-hydrogen) atoms. The largest absolute Gasteiger partial charge is 0.400 e. The molecule has 1 aliphatic rings. The van der Waals surface area contributed by atoms with Crippen LogP contribution in [0.4, 0.5) is 0 Å². The van der Waals surface area contributed by atoms with Gasteiger partial charge in [0.2, 0.25) is 0 Å². The third kappa shape index (κ3) is 4.98. The van der Waals surface area contributed by atoms with Crippen LogP contribution in [0.25, 0.3) is 0 Å². The normalized spacial score (nSPS) is 20.9. The molecule has 1 N–H and O–H groups in total. The van der Waals surface area contributed by atoms with Gasteiger partial charge in [-0.15, -0.1) is 0 Å². The van der Waals surface area contributed by atoms with Crippen molar-refractivity contribution in [3.8, 4) is 0 Å². The van der Waals surface area contributed by atoms with E-state index < -0.39 is 0 Å². The van der Waals surface area contributed by atoms with Crippen LogP contribution in [0.1, 0.15) is 101 Å². The fraction of sp³-hybridized carbons (Fsp3) is 1.00. The summed E-state index contributed by atoms with van der Waals surface area (Å²) < 4.78 is 0. The molecule has 0 aromatic heterocycles. The predicted octanol–water partition coefficient (Wildman–Crippen LogP) is 6.69. The van der Waals surface area contributed by atoms with Gasteiger partial charge in [-0.3, -0.25) is 0 Å². The Morgan fingerprint density at radius 1 is 0.727 bits per heavy atom. The zero-order valence-electron chi connectivity index (χ0n) is 17.3. The second-order valence-electron chi connectivity index (χ2n) is 10.4. The molecule has 0 saturated heterocycles. The van der Waals surface area contributed by atoms with E-state index in [0.717, 1.165) is 13.0 Å². The van der Waals surface area contributed by atoms with E-state index in [1.807, 2.05) is 0 Å². The van der Waals surface area contributed by atoms with Gasteiger partial charge in [-0.25, -0.2) is 0 Å². The van der Waals surface area contributed by atoms with E-state index in [-0.39, 0.29) is 0 Å². The summed E-state index contributed by atoms with van der Waals surface area (Å²) in [5.74, 6) is 0.905. The predicted molar refractivity (Wildman–Crippen MR) is 100 cm³/mol. The van der Waals surface area contributed by atoms with Crippen LogP contribution in [0.2, 0.25) is 0 Å². The lowest BCUT2D eigenvalue weighted by molar-refractivity contribution is -0.0978. The SMILES string of the molecule is CC(C)(C)CC(C)(C(C)(C)C)C(C)(C)C1CCCCC1.CO. The zero-order chi connectivity index (χ0) is 17.8. The van der Waals surface area contributed by atoms with E-state index in [2.05, 4.69) is 62.3 Å². The number of aliphatic hydroxyl groups is 1. The molecule has 0 radical (unpaired) electrons. The first-order valence-corrected chi connectivity index (χ1v) is 9.26. The summed E-state index contributed by atoms with van der Waals surface area (Å²) in [4.78, 5) is 0. The van der Waals surface area contributed by atoms with Gasteiger partial charge >= 0.3 is 0 Å². The maximum Gasteiger partial charge on any atom is 0.0319 e. The molecule has 0 aromatic carbocycles. The lowest BCUT2D eigenvalue weighted by atomic mass is 9.46. The Labute approximate surface area is 141 Å². The van der Waals surface area contributed by atoms with E-state index in [9.17, 15) is 0 Å². The summed E-state index contributed by atoms with van der Waals surface area (Å²) in [6, 6.07) is 0. The van der Waals surface area contributed by atoms with E-state index >= 15 is 0 Å². The summed E-state index contributed by atoms with van der Waals surface area (Å²) in [5.41, 5.74) is 1.54. The highest BCUT2D eigenvalue weighted by Crippen LogP contribution is 2.61. The van der Waals surface area contributed by atoms with E-state index in [1.165, 1.54) is 38.5 Å². The van der Waals surface area contributed by atoms with Crippen molar-refractivity contribution >= 4 is 0 Å². The molecule has 0 aliphatic heterocycles. The molecule has 0 aromatic rings. The number of hydrogen-bond donors (Lipinski definition) is 1. The Hall–Kier alpha value is -0.0400. The van der Waals surface area contributed by atoms with Crippen LogP contribution in [0.5, 0.6) is 0 Å².